The second kappa shape index (κ2) is 11.5. The molecule has 0 aliphatic heterocycles. The predicted octanol–water partition coefficient (Wildman–Crippen LogP) is 7.96. The van der Waals surface area contributed by atoms with Crippen molar-refractivity contribution in [1.82, 2.24) is 24.4 Å². The highest BCUT2D eigenvalue weighted by Crippen LogP contribution is 2.43. The summed E-state index contributed by atoms with van der Waals surface area (Å²) in [6.45, 7) is 2.13. The maximum atomic E-state index is 14.0. The van der Waals surface area contributed by atoms with Gasteiger partial charge in [0.2, 0.25) is 0 Å². The molecule has 2 aliphatic carbocycles. The molecule has 0 radical (unpaired) electrons. The van der Waals surface area contributed by atoms with Gasteiger partial charge in [-0.3, -0.25) is 9.78 Å². The Morgan fingerprint density at radius 1 is 1.02 bits per heavy atom. The summed E-state index contributed by atoms with van der Waals surface area (Å²) in [5.41, 5.74) is 6.74. The van der Waals surface area contributed by atoms with Gasteiger partial charge in [0.05, 0.1) is 33.0 Å². The molecule has 9 heteroatoms. The van der Waals surface area contributed by atoms with Gasteiger partial charge in [-0.05, 0) is 98.7 Å². The van der Waals surface area contributed by atoms with Crippen LogP contribution in [0.2, 0.25) is 5.02 Å². The number of carboxylic acid groups (broad SMARTS) is 1. The van der Waals surface area contributed by atoms with E-state index in [0.29, 0.717) is 16.6 Å². The van der Waals surface area contributed by atoms with E-state index in [1.54, 1.807) is 12.3 Å². The second-order valence-electron chi connectivity index (χ2n) is 12.5. The number of nitrogens with zero attached hydrogens (tertiary/aromatic N) is 4. The highest BCUT2D eigenvalue weighted by molar-refractivity contribution is 6.30. The van der Waals surface area contributed by atoms with Gasteiger partial charge < -0.3 is 19.6 Å². The lowest BCUT2D eigenvalue weighted by Gasteiger charge is -2.41. The molecule has 2 fully saturated rings. The minimum atomic E-state index is -0.996. The number of hydrogen-bond donors (Lipinski definition) is 2. The first kappa shape index (κ1) is 29.3. The summed E-state index contributed by atoms with van der Waals surface area (Å²) in [5, 5.41) is 14.1. The maximum absolute atomic E-state index is 14.0. The van der Waals surface area contributed by atoms with Crippen LogP contribution in [0.3, 0.4) is 0 Å². The summed E-state index contributed by atoms with van der Waals surface area (Å²) in [6, 6.07) is 16.0. The van der Waals surface area contributed by atoms with Gasteiger partial charge in [-0.1, -0.05) is 36.9 Å². The number of imidazole rings is 1. The summed E-state index contributed by atoms with van der Waals surface area (Å²) in [5.74, 6) is -0.303. The van der Waals surface area contributed by atoms with Crippen LogP contribution in [0, 0.1) is 6.92 Å². The van der Waals surface area contributed by atoms with E-state index in [4.69, 9.17) is 26.7 Å². The Kier molecular flexibility index (Phi) is 7.48. The van der Waals surface area contributed by atoms with Gasteiger partial charge in [-0.15, -0.1) is 0 Å². The minimum Gasteiger partial charge on any atom is -0.478 e. The fourth-order valence-electron chi connectivity index (χ4n) is 7.31. The SMILES string of the molecule is Cc1c(-c2ccc(Cl)cn2)n(C2CCCCC2)c2ccc(C(=O)NC3(c4nc5cc(/C=C/C(=O)O)ccc5n4C)CCC3)cc12. The van der Waals surface area contributed by atoms with Gasteiger partial charge in [-0.2, -0.15) is 0 Å². The summed E-state index contributed by atoms with van der Waals surface area (Å²) in [7, 11) is 1.97. The lowest BCUT2D eigenvalue weighted by atomic mass is 9.75. The topological polar surface area (TPSA) is 102 Å². The highest BCUT2D eigenvalue weighted by atomic mass is 35.5. The van der Waals surface area contributed by atoms with Crippen molar-refractivity contribution >= 4 is 51.5 Å². The quantitative estimate of drug-likeness (QED) is 0.180. The van der Waals surface area contributed by atoms with Crippen LogP contribution < -0.4 is 5.32 Å². The van der Waals surface area contributed by atoms with E-state index in [2.05, 4.69) is 22.9 Å². The largest absolute Gasteiger partial charge is 0.478 e. The Hall–Kier alpha value is -4.43. The van der Waals surface area contributed by atoms with E-state index in [-0.39, 0.29) is 5.91 Å². The number of rotatable bonds is 7. The van der Waals surface area contributed by atoms with Gasteiger partial charge in [0.15, 0.2) is 0 Å². The zero-order valence-corrected chi connectivity index (χ0v) is 26.3. The van der Waals surface area contributed by atoms with E-state index in [0.717, 1.165) is 88.5 Å². The maximum Gasteiger partial charge on any atom is 0.328 e. The Balaban J connectivity index is 1.24. The zero-order valence-electron chi connectivity index (χ0n) is 25.5. The van der Waals surface area contributed by atoms with Gasteiger partial charge >= 0.3 is 5.97 Å². The molecule has 2 saturated carbocycles. The molecule has 0 spiro atoms. The van der Waals surface area contributed by atoms with Crippen molar-refractivity contribution in [3.8, 4) is 11.4 Å². The first-order chi connectivity index (χ1) is 21.7. The van der Waals surface area contributed by atoms with Crippen LogP contribution in [0.25, 0.3) is 39.4 Å². The van der Waals surface area contributed by atoms with Crippen molar-refractivity contribution in [3.05, 3.63) is 88.3 Å². The molecule has 45 heavy (non-hydrogen) atoms. The van der Waals surface area contributed by atoms with E-state index in [9.17, 15) is 9.59 Å². The van der Waals surface area contributed by atoms with Gasteiger partial charge in [0.1, 0.15) is 5.82 Å². The summed E-state index contributed by atoms with van der Waals surface area (Å²) in [4.78, 5) is 34.6. The first-order valence-corrected chi connectivity index (χ1v) is 16.1. The summed E-state index contributed by atoms with van der Waals surface area (Å²) in [6.07, 6.45) is 12.9. The first-order valence-electron chi connectivity index (χ1n) is 15.7. The minimum absolute atomic E-state index is 0.121. The lowest BCUT2D eigenvalue weighted by molar-refractivity contribution is -0.131. The number of aryl methyl sites for hydroxylation is 2. The number of amides is 1. The van der Waals surface area contributed by atoms with Crippen LogP contribution in [0.4, 0.5) is 0 Å². The van der Waals surface area contributed by atoms with Crippen molar-refractivity contribution in [2.45, 2.75) is 69.9 Å². The molecule has 2 N–H and O–H groups in total. The number of hydrogen-bond acceptors (Lipinski definition) is 4. The molecule has 0 saturated heterocycles. The Morgan fingerprint density at radius 3 is 2.49 bits per heavy atom. The molecule has 0 bridgehead atoms. The number of aromatic nitrogens is 4. The number of carbonyl (C=O) groups is 2. The van der Waals surface area contributed by atoms with E-state index in [1.165, 1.54) is 19.3 Å². The molecule has 8 nitrogen and oxygen atoms in total. The van der Waals surface area contributed by atoms with Crippen LogP contribution in [-0.2, 0) is 17.4 Å². The van der Waals surface area contributed by atoms with E-state index < -0.39 is 11.5 Å². The number of carbonyl (C=O) groups excluding carboxylic acids is 1. The van der Waals surface area contributed by atoms with Crippen molar-refractivity contribution < 1.29 is 14.7 Å². The molecule has 230 valence electrons. The average Bonchev–Trinajstić information content (AvgIpc) is 3.51. The van der Waals surface area contributed by atoms with Crippen LogP contribution in [0.15, 0.2) is 60.8 Å². The number of aliphatic carboxylic acids is 1. The Bertz CT molecular complexity index is 1980. The molecule has 5 aromatic rings. The number of pyridine rings is 1. The molecule has 2 aliphatic rings. The number of carboxylic acids is 1. The molecule has 3 aromatic heterocycles. The highest BCUT2D eigenvalue weighted by Gasteiger charge is 2.44. The standard InChI is InChI=1S/C36H36ClN5O3/c1-22-27-20-24(11-15-30(27)42(26-7-4-3-5-8-26)33(22)28-13-12-25(37)21-38-28)34(45)40-36(17-6-18-36)35-39-29-19-23(10-16-32(43)44)9-14-31(29)41(35)2/h9-16,19-21,26H,3-8,17-18H2,1-2H3,(H,40,45)(H,43,44)/b16-10+. The third-order valence-corrected chi connectivity index (χ3v) is 9.96. The molecule has 3 heterocycles. The van der Waals surface area contributed by atoms with Crippen LogP contribution >= 0.6 is 11.6 Å². The number of nitrogens with one attached hydrogen (secondary N) is 1. The van der Waals surface area contributed by atoms with Crippen LogP contribution in [0.5, 0.6) is 0 Å². The molecule has 1 amide bonds. The molecule has 2 aromatic carbocycles. The summed E-state index contributed by atoms with van der Waals surface area (Å²) >= 11 is 6.20. The van der Waals surface area contributed by atoms with E-state index in [1.807, 2.05) is 54.1 Å². The van der Waals surface area contributed by atoms with Gasteiger partial charge in [0.25, 0.3) is 5.91 Å². The van der Waals surface area contributed by atoms with Crippen molar-refractivity contribution in [3.63, 3.8) is 0 Å². The third-order valence-electron chi connectivity index (χ3n) is 9.74. The predicted molar refractivity (Wildman–Crippen MR) is 177 cm³/mol. The average molecular weight is 622 g/mol. The third kappa shape index (κ3) is 5.21. The fraction of sp³-hybridized carbons (Fsp3) is 0.333. The monoisotopic (exact) mass is 621 g/mol. The van der Waals surface area contributed by atoms with Crippen molar-refractivity contribution in [1.29, 1.82) is 0 Å². The van der Waals surface area contributed by atoms with Crippen molar-refractivity contribution in [2.75, 3.05) is 0 Å². The molecule has 7 rings (SSSR count). The smallest absolute Gasteiger partial charge is 0.328 e. The molecule has 0 atom stereocenters. The second-order valence-corrected chi connectivity index (χ2v) is 13.0. The fourth-order valence-corrected chi connectivity index (χ4v) is 7.42. The van der Waals surface area contributed by atoms with Crippen molar-refractivity contribution in [2.24, 2.45) is 7.05 Å². The Morgan fingerprint density at radius 2 is 1.80 bits per heavy atom. The molecular weight excluding hydrogens is 586 g/mol. The summed E-state index contributed by atoms with van der Waals surface area (Å²) < 4.78 is 4.50. The molecule has 0 unspecified atom stereocenters. The number of fused-ring (bicyclic) bond motifs is 2. The Labute approximate surface area is 266 Å². The number of benzene rings is 2. The van der Waals surface area contributed by atoms with Crippen LogP contribution in [0.1, 0.15) is 84.7 Å². The van der Waals surface area contributed by atoms with Gasteiger partial charge in [-0.25, -0.2) is 9.78 Å². The van der Waals surface area contributed by atoms with E-state index >= 15 is 0 Å². The zero-order chi connectivity index (χ0) is 31.3. The van der Waals surface area contributed by atoms with Gasteiger partial charge in [0, 0.05) is 41.8 Å². The number of halogens is 1. The molecular formula is C36H36ClN5O3. The normalized spacial score (nSPS) is 16.8. The van der Waals surface area contributed by atoms with Crippen LogP contribution in [-0.4, -0.2) is 36.1 Å². The lowest BCUT2D eigenvalue weighted by Crippen LogP contribution is -2.52.